The van der Waals surface area contributed by atoms with Crippen LogP contribution in [-0.4, -0.2) is 46.8 Å². The van der Waals surface area contributed by atoms with E-state index in [1.165, 1.54) is 47.5 Å². The van der Waals surface area contributed by atoms with Crippen molar-refractivity contribution < 1.29 is 50.1 Å². The van der Waals surface area contributed by atoms with Crippen molar-refractivity contribution in [2.24, 2.45) is 0 Å². The van der Waals surface area contributed by atoms with E-state index in [-0.39, 0.29) is 48.8 Å². The fourth-order valence-corrected chi connectivity index (χ4v) is 5.67. The number of hydrogen-bond acceptors (Lipinski definition) is 9. The number of carbonyl (C=O) groups is 2. The summed E-state index contributed by atoms with van der Waals surface area (Å²) in [5.74, 6) is -0.577. The third kappa shape index (κ3) is 8.97. The standard InChI is InChI=1S/C36H33F6N5O5/c1-4-51-34(49)47-22(2)14-29(32-28(47)11-12-30(45-32)50-3)46(20-25-15-26(35(37,38)39)17-27(16-25)36(40,41)42)33-43-18-24(19-44-33)10-13-31(48)52-21-23-8-6-5-7-9-23/h5-13,15-19,22,29H,4,14,20-21H2,1-3H3/b13-10+/t22-,29+/m1/s1. The second kappa shape index (κ2) is 15.7. The molecule has 3 heterocycles. The molecule has 0 fully saturated rings. The normalized spacial score (nSPS) is 16.0. The van der Waals surface area contributed by atoms with Gasteiger partial charge in [-0.1, -0.05) is 30.3 Å². The number of carbonyl (C=O) groups excluding carboxylic acids is 2. The number of methoxy groups -OCH3 is 1. The molecule has 274 valence electrons. The molecular weight excluding hydrogens is 696 g/mol. The minimum absolute atomic E-state index is 0.0493. The highest BCUT2D eigenvalue weighted by Crippen LogP contribution is 2.43. The van der Waals surface area contributed by atoms with Crippen LogP contribution in [0.5, 0.6) is 5.88 Å². The van der Waals surface area contributed by atoms with Gasteiger partial charge in [0, 0.05) is 42.7 Å². The van der Waals surface area contributed by atoms with E-state index in [4.69, 9.17) is 14.2 Å². The van der Waals surface area contributed by atoms with Crippen LogP contribution in [0.1, 0.15) is 59.8 Å². The quantitative estimate of drug-likeness (QED) is 0.0908. The maximum Gasteiger partial charge on any atom is 0.416 e. The van der Waals surface area contributed by atoms with E-state index in [9.17, 15) is 35.9 Å². The summed E-state index contributed by atoms with van der Waals surface area (Å²) in [7, 11) is 1.37. The van der Waals surface area contributed by atoms with Crippen LogP contribution in [0.4, 0.5) is 42.8 Å². The van der Waals surface area contributed by atoms with Gasteiger partial charge in [-0.3, -0.25) is 4.90 Å². The molecule has 0 saturated carbocycles. The first-order chi connectivity index (χ1) is 24.7. The molecule has 0 aliphatic carbocycles. The van der Waals surface area contributed by atoms with E-state index in [1.54, 1.807) is 44.2 Å². The molecule has 4 aromatic rings. The molecule has 10 nitrogen and oxygen atoms in total. The number of ether oxygens (including phenoxy) is 3. The minimum atomic E-state index is -5.07. The van der Waals surface area contributed by atoms with E-state index in [2.05, 4.69) is 15.0 Å². The number of pyridine rings is 1. The van der Waals surface area contributed by atoms with Crippen molar-refractivity contribution in [3.8, 4) is 5.88 Å². The van der Waals surface area contributed by atoms with Crippen molar-refractivity contribution in [1.82, 2.24) is 15.0 Å². The van der Waals surface area contributed by atoms with E-state index >= 15 is 0 Å². The molecule has 1 aliphatic rings. The van der Waals surface area contributed by atoms with Crippen molar-refractivity contribution in [1.29, 1.82) is 0 Å². The molecule has 0 spiro atoms. The van der Waals surface area contributed by atoms with Crippen LogP contribution in [0, 0.1) is 0 Å². The van der Waals surface area contributed by atoms with E-state index in [0.717, 1.165) is 5.56 Å². The van der Waals surface area contributed by atoms with E-state index in [0.29, 0.717) is 23.4 Å². The van der Waals surface area contributed by atoms with Gasteiger partial charge in [0.2, 0.25) is 11.8 Å². The van der Waals surface area contributed by atoms with Crippen LogP contribution < -0.4 is 14.5 Å². The topological polar surface area (TPSA) is 107 Å². The molecule has 5 rings (SSSR count). The summed E-state index contributed by atoms with van der Waals surface area (Å²) in [5.41, 5.74) is -1.64. The van der Waals surface area contributed by atoms with Gasteiger partial charge in [0.1, 0.15) is 6.61 Å². The Hall–Kier alpha value is -5.67. The number of fused-ring (bicyclic) bond motifs is 1. The molecular formula is C36H33F6N5O5. The van der Waals surface area contributed by atoms with E-state index < -0.39 is 54.2 Å². The first kappa shape index (κ1) is 37.6. The number of esters is 1. The van der Waals surface area contributed by atoms with Crippen LogP contribution in [0.15, 0.2) is 79.1 Å². The highest BCUT2D eigenvalue weighted by Gasteiger charge is 2.41. The molecule has 16 heteroatoms. The third-order valence-corrected chi connectivity index (χ3v) is 8.06. The summed E-state index contributed by atoms with van der Waals surface area (Å²) in [5, 5.41) is 0. The van der Waals surface area contributed by atoms with Gasteiger partial charge in [-0.05, 0) is 61.7 Å². The second-order valence-electron chi connectivity index (χ2n) is 11.7. The Morgan fingerprint density at radius 3 is 2.17 bits per heavy atom. The fourth-order valence-electron chi connectivity index (χ4n) is 5.67. The van der Waals surface area contributed by atoms with Crippen LogP contribution >= 0.6 is 0 Å². The zero-order valence-electron chi connectivity index (χ0n) is 28.1. The monoisotopic (exact) mass is 729 g/mol. The Kier molecular flexibility index (Phi) is 11.3. The summed E-state index contributed by atoms with van der Waals surface area (Å²) in [6.07, 6.45) is -5.50. The minimum Gasteiger partial charge on any atom is -0.481 e. The summed E-state index contributed by atoms with van der Waals surface area (Å²) in [4.78, 5) is 41.5. The number of alkyl halides is 6. The molecule has 0 unspecified atom stereocenters. The lowest BCUT2D eigenvalue weighted by atomic mass is 9.94. The lowest BCUT2D eigenvalue weighted by Crippen LogP contribution is -2.47. The number of aromatic nitrogens is 3. The average Bonchev–Trinajstić information content (AvgIpc) is 3.11. The number of amides is 1. The van der Waals surface area contributed by atoms with Gasteiger partial charge in [-0.25, -0.2) is 24.5 Å². The Morgan fingerprint density at radius 1 is 0.923 bits per heavy atom. The molecule has 1 aliphatic heterocycles. The van der Waals surface area contributed by atoms with Crippen LogP contribution in [-0.2, 0) is 39.8 Å². The molecule has 1 amide bonds. The summed E-state index contributed by atoms with van der Waals surface area (Å²) in [6.45, 7) is 2.95. The van der Waals surface area contributed by atoms with Crippen molar-refractivity contribution >= 4 is 29.8 Å². The predicted molar refractivity (Wildman–Crippen MR) is 177 cm³/mol. The maximum absolute atomic E-state index is 13.9. The van der Waals surface area contributed by atoms with Gasteiger partial charge in [0.15, 0.2) is 0 Å². The van der Waals surface area contributed by atoms with Crippen molar-refractivity contribution in [3.05, 3.63) is 113 Å². The van der Waals surface area contributed by atoms with Gasteiger partial charge >= 0.3 is 24.4 Å². The molecule has 2 aromatic heterocycles. The fraction of sp³-hybridized carbons (Fsp3) is 0.306. The molecule has 0 radical (unpaired) electrons. The number of halogens is 6. The zero-order valence-corrected chi connectivity index (χ0v) is 28.1. The highest BCUT2D eigenvalue weighted by atomic mass is 19.4. The SMILES string of the molecule is CCOC(=O)N1c2ccc(OC)nc2[C@@H](N(Cc2cc(C(F)(F)F)cc(C(F)(F)F)c2)c2ncc(/C=C/C(=O)OCc3ccccc3)cn2)C[C@H]1C. The Morgan fingerprint density at radius 2 is 1.58 bits per heavy atom. The maximum atomic E-state index is 13.9. The number of rotatable bonds is 10. The van der Waals surface area contributed by atoms with Crippen molar-refractivity contribution in [2.75, 3.05) is 23.5 Å². The van der Waals surface area contributed by atoms with E-state index in [1.807, 2.05) is 6.07 Å². The lowest BCUT2D eigenvalue weighted by Gasteiger charge is -2.42. The van der Waals surface area contributed by atoms with Gasteiger partial charge in [0.25, 0.3) is 0 Å². The van der Waals surface area contributed by atoms with Gasteiger partial charge in [-0.15, -0.1) is 0 Å². The number of nitrogens with zero attached hydrogens (tertiary/aromatic N) is 5. The molecule has 52 heavy (non-hydrogen) atoms. The second-order valence-corrected chi connectivity index (χ2v) is 11.7. The first-order valence-corrected chi connectivity index (χ1v) is 15.9. The van der Waals surface area contributed by atoms with Gasteiger partial charge < -0.3 is 19.1 Å². The Balaban J connectivity index is 1.55. The van der Waals surface area contributed by atoms with Gasteiger partial charge in [0.05, 0.1) is 42.3 Å². The van der Waals surface area contributed by atoms with Crippen molar-refractivity contribution in [2.45, 2.75) is 57.9 Å². The summed E-state index contributed by atoms with van der Waals surface area (Å²) >= 11 is 0. The summed E-state index contributed by atoms with van der Waals surface area (Å²) < 4.78 is 98.9. The first-order valence-electron chi connectivity index (χ1n) is 15.9. The number of hydrogen-bond donors (Lipinski definition) is 0. The average molecular weight is 730 g/mol. The highest BCUT2D eigenvalue weighted by molar-refractivity contribution is 5.90. The zero-order chi connectivity index (χ0) is 37.6. The molecule has 2 atom stereocenters. The smallest absolute Gasteiger partial charge is 0.416 e. The molecule has 0 N–H and O–H groups in total. The lowest BCUT2D eigenvalue weighted by molar-refractivity contribution is -0.143. The van der Waals surface area contributed by atoms with Crippen molar-refractivity contribution in [3.63, 3.8) is 0 Å². The number of anilines is 2. The molecule has 0 saturated heterocycles. The Bertz CT molecular complexity index is 1870. The number of benzene rings is 2. The predicted octanol–water partition coefficient (Wildman–Crippen LogP) is 8.18. The molecule has 2 aromatic carbocycles. The van der Waals surface area contributed by atoms with Gasteiger partial charge in [-0.2, -0.15) is 26.3 Å². The van der Waals surface area contributed by atoms with Crippen LogP contribution in [0.25, 0.3) is 6.08 Å². The largest absolute Gasteiger partial charge is 0.481 e. The third-order valence-electron chi connectivity index (χ3n) is 8.06. The summed E-state index contributed by atoms with van der Waals surface area (Å²) in [6, 6.07) is 12.0. The van der Waals surface area contributed by atoms with Crippen LogP contribution in [0.3, 0.4) is 0 Å². The Labute approximate surface area is 294 Å². The van der Waals surface area contributed by atoms with Crippen LogP contribution in [0.2, 0.25) is 0 Å². The molecule has 0 bridgehead atoms.